The van der Waals surface area contributed by atoms with Crippen LogP contribution >= 0.6 is 11.3 Å². The number of rotatable bonds is 4. The van der Waals surface area contributed by atoms with Crippen LogP contribution in [0.3, 0.4) is 0 Å². The van der Waals surface area contributed by atoms with Crippen molar-refractivity contribution in [1.82, 2.24) is 24.9 Å². The number of aromatic nitrogens is 4. The van der Waals surface area contributed by atoms with Crippen LogP contribution in [0.25, 0.3) is 0 Å². The summed E-state index contributed by atoms with van der Waals surface area (Å²) < 4.78 is 7.67. The molecule has 0 aromatic carbocycles. The third kappa shape index (κ3) is 3.15. The second kappa shape index (κ2) is 6.53. The Morgan fingerprint density at radius 3 is 2.92 bits per heavy atom. The number of ether oxygens (including phenoxy) is 1. The highest BCUT2D eigenvalue weighted by molar-refractivity contribution is 7.13. The van der Waals surface area contributed by atoms with Gasteiger partial charge in [0.2, 0.25) is 0 Å². The molecule has 1 amide bonds. The second-order valence-electron chi connectivity index (χ2n) is 7.34. The Labute approximate surface area is 155 Å². The van der Waals surface area contributed by atoms with Gasteiger partial charge in [-0.15, -0.1) is 16.4 Å². The third-order valence-electron chi connectivity index (χ3n) is 5.42. The van der Waals surface area contributed by atoms with Crippen molar-refractivity contribution in [3.63, 3.8) is 0 Å². The van der Waals surface area contributed by atoms with E-state index >= 15 is 0 Å². The molecular formula is C17H22N6O2S. The molecule has 138 valence electrons. The minimum Gasteiger partial charge on any atom is -0.444 e. The molecular weight excluding hydrogens is 352 g/mol. The van der Waals surface area contributed by atoms with Crippen molar-refractivity contribution in [1.29, 1.82) is 0 Å². The first-order valence-electron chi connectivity index (χ1n) is 9.28. The molecule has 2 atom stereocenters. The molecule has 2 aromatic heterocycles. The van der Waals surface area contributed by atoms with Gasteiger partial charge in [0, 0.05) is 49.7 Å². The number of anilines is 1. The van der Waals surface area contributed by atoms with E-state index in [0.717, 1.165) is 36.8 Å². The summed E-state index contributed by atoms with van der Waals surface area (Å²) in [6.45, 7) is 2.97. The SMILES string of the molecule is O=C(OC1CCN(c2nccs2)C1)N1CCC(n2cc(C3CC3)nn2)C1. The van der Waals surface area contributed by atoms with Crippen LogP contribution in [0.15, 0.2) is 17.8 Å². The maximum absolute atomic E-state index is 12.5. The highest BCUT2D eigenvalue weighted by Gasteiger charge is 2.34. The normalized spacial score (nSPS) is 25.8. The van der Waals surface area contributed by atoms with E-state index < -0.39 is 0 Å². The van der Waals surface area contributed by atoms with Crippen molar-refractivity contribution in [2.75, 3.05) is 31.1 Å². The van der Waals surface area contributed by atoms with Crippen LogP contribution in [0, 0.1) is 0 Å². The average Bonchev–Trinajstić information content (AvgIpc) is 3.18. The van der Waals surface area contributed by atoms with Gasteiger partial charge in [-0.1, -0.05) is 5.21 Å². The monoisotopic (exact) mass is 374 g/mol. The largest absolute Gasteiger partial charge is 0.444 e. The van der Waals surface area contributed by atoms with Crippen LogP contribution < -0.4 is 4.90 Å². The first-order valence-corrected chi connectivity index (χ1v) is 10.2. The van der Waals surface area contributed by atoms with Crippen LogP contribution in [0.1, 0.15) is 43.3 Å². The predicted octanol–water partition coefficient (Wildman–Crippen LogP) is 2.27. The Balaban J connectivity index is 1.14. The van der Waals surface area contributed by atoms with Crippen molar-refractivity contribution >= 4 is 22.6 Å². The summed E-state index contributed by atoms with van der Waals surface area (Å²) in [6, 6.07) is 0.206. The number of carbonyl (C=O) groups excluding carboxylic acids is 1. The quantitative estimate of drug-likeness (QED) is 0.817. The Kier molecular flexibility index (Phi) is 4.03. The fourth-order valence-electron chi connectivity index (χ4n) is 3.75. The zero-order valence-corrected chi connectivity index (χ0v) is 15.3. The Hall–Kier alpha value is -2.16. The molecule has 5 rings (SSSR count). The van der Waals surface area contributed by atoms with Gasteiger partial charge in [-0.2, -0.15) is 0 Å². The van der Waals surface area contributed by atoms with Crippen molar-refractivity contribution in [2.24, 2.45) is 0 Å². The molecule has 2 unspecified atom stereocenters. The second-order valence-corrected chi connectivity index (χ2v) is 8.21. The van der Waals surface area contributed by atoms with Crippen molar-refractivity contribution in [2.45, 2.75) is 43.7 Å². The van der Waals surface area contributed by atoms with E-state index in [1.807, 2.05) is 16.3 Å². The fraction of sp³-hybridized carbons (Fsp3) is 0.647. The molecule has 1 aliphatic carbocycles. The van der Waals surface area contributed by atoms with Gasteiger partial charge >= 0.3 is 6.09 Å². The van der Waals surface area contributed by atoms with Gasteiger partial charge in [-0.25, -0.2) is 14.5 Å². The number of thiazole rings is 1. The standard InChI is InChI=1S/C17H22N6O2S/c24-17(25-14-4-7-21(10-14)16-18-5-8-26-16)22-6-3-13(9-22)23-11-15(19-20-23)12-1-2-12/h5,8,11-14H,1-4,6-7,9-10H2. The molecule has 2 aromatic rings. The smallest absolute Gasteiger partial charge is 0.410 e. The molecule has 1 saturated carbocycles. The topological polar surface area (TPSA) is 76.4 Å². The van der Waals surface area contributed by atoms with Gasteiger partial charge in [0.15, 0.2) is 5.13 Å². The molecule has 8 nitrogen and oxygen atoms in total. The van der Waals surface area contributed by atoms with Crippen molar-refractivity contribution < 1.29 is 9.53 Å². The molecule has 2 saturated heterocycles. The molecule has 4 heterocycles. The summed E-state index contributed by atoms with van der Waals surface area (Å²) in [4.78, 5) is 20.8. The summed E-state index contributed by atoms with van der Waals surface area (Å²) in [7, 11) is 0. The van der Waals surface area contributed by atoms with Crippen molar-refractivity contribution in [3.05, 3.63) is 23.5 Å². The minimum atomic E-state index is -0.207. The molecule has 0 N–H and O–H groups in total. The highest BCUT2D eigenvalue weighted by atomic mass is 32.1. The Bertz CT molecular complexity index is 774. The van der Waals surface area contributed by atoms with Crippen LogP contribution in [0.2, 0.25) is 0 Å². The van der Waals surface area contributed by atoms with Crippen LogP contribution in [-0.4, -0.2) is 63.3 Å². The van der Waals surface area contributed by atoms with E-state index in [1.165, 1.54) is 12.8 Å². The lowest BCUT2D eigenvalue weighted by atomic mass is 10.2. The maximum atomic E-state index is 12.5. The van der Waals surface area contributed by atoms with E-state index in [-0.39, 0.29) is 18.2 Å². The van der Waals surface area contributed by atoms with Gasteiger partial charge in [0.05, 0.1) is 18.3 Å². The lowest BCUT2D eigenvalue weighted by molar-refractivity contribution is 0.0764. The van der Waals surface area contributed by atoms with Gasteiger partial charge < -0.3 is 14.5 Å². The number of likely N-dealkylation sites (tertiary alicyclic amines) is 1. The molecule has 3 aliphatic rings. The van der Waals surface area contributed by atoms with E-state index in [4.69, 9.17) is 4.74 Å². The van der Waals surface area contributed by atoms with Crippen LogP contribution in [0.4, 0.5) is 9.93 Å². The highest BCUT2D eigenvalue weighted by Crippen LogP contribution is 2.39. The number of amides is 1. The molecule has 0 bridgehead atoms. The molecule has 0 radical (unpaired) electrons. The van der Waals surface area contributed by atoms with Crippen LogP contribution in [0.5, 0.6) is 0 Å². The average molecular weight is 374 g/mol. The molecule has 2 aliphatic heterocycles. The number of carbonyl (C=O) groups is 1. The van der Waals surface area contributed by atoms with E-state index in [0.29, 0.717) is 19.0 Å². The lowest BCUT2D eigenvalue weighted by Crippen LogP contribution is -2.34. The number of nitrogens with zero attached hydrogens (tertiary/aromatic N) is 6. The molecule has 3 fully saturated rings. The summed E-state index contributed by atoms with van der Waals surface area (Å²) in [5.41, 5.74) is 1.10. The van der Waals surface area contributed by atoms with Crippen LogP contribution in [-0.2, 0) is 4.74 Å². The number of hydrogen-bond donors (Lipinski definition) is 0. The zero-order chi connectivity index (χ0) is 17.5. The van der Waals surface area contributed by atoms with E-state index in [2.05, 4.69) is 26.4 Å². The fourth-order valence-corrected chi connectivity index (χ4v) is 4.43. The molecule has 0 spiro atoms. The minimum absolute atomic E-state index is 0.0571. The number of hydrogen-bond acceptors (Lipinski definition) is 7. The first kappa shape index (κ1) is 16.0. The van der Waals surface area contributed by atoms with E-state index in [9.17, 15) is 4.79 Å². The summed E-state index contributed by atoms with van der Waals surface area (Å²) in [5, 5.41) is 11.5. The Morgan fingerprint density at radius 1 is 1.19 bits per heavy atom. The summed E-state index contributed by atoms with van der Waals surface area (Å²) >= 11 is 1.62. The van der Waals surface area contributed by atoms with Gasteiger partial charge in [0.25, 0.3) is 0 Å². The van der Waals surface area contributed by atoms with Gasteiger partial charge in [-0.05, 0) is 19.3 Å². The third-order valence-corrected chi connectivity index (χ3v) is 6.25. The van der Waals surface area contributed by atoms with E-state index in [1.54, 1.807) is 16.2 Å². The maximum Gasteiger partial charge on any atom is 0.410 e. The van der Waals surface area contributed by atoms with Crippen molar-refractivity contribution in [3.8, 4) is 0 Å². The Morgan fingerprint density at radius 2 is 2.12 bits per heavy atom. The molecule has 26 heavy (non-hydrogen) atoms. The molecule has 9 heteroatoms. The predicted molar refractivity (Wildman–Crippen MR) is 96.4 cm³/mol. The summed E-state index contributed by atoms with van der Waals surface area (Å²) in [6.07, 6.45) is 7.80. The lowest BCUT2D eigenvalue weighted by Gasteiger charge is -2.20. The zero-order valence-electron chi connectivity index (χ0n) is 14.5. The van der Waals surface area contributed by atoms with Gasteiger partial charge in [0.1, 0.15) is 6.10 Å². The first-order chi connectivity index (χ1) is 12.8. The van der Waals surface area contributed by atoms with Gasteiger partial charge in [-0.3, -0.25) is 0 Å². The summed E-state index contributed by atoms with van der Waals surface area (Å²) in [5.74, 6) is 0.606.